The fourth-order valence-electron chi connectivity index (χ4n) is 2.07. The van der Waals surface area contributed by atoms with Crippen LogP contribution >= 0.6 is 11.3 Å². The van der Waals surface area contributed by atoms with Gasteiger partial charge in [0.15, 0.2) is 0 Å². The zero-order valence-electron chi connectivity index (χ0n) is 12.4. The number of halogens is 3. The van der Waals surface area contributed by atoms with E-state index in [9.17, 15) is 13.2 Å². The van der Waals surface area contributed by atoms with Gasteiger partial charge >= 0.3 is 11.3 Å². The summed E-state index contributed by atoms with van der Waals surface area (Å²) in [5.41, 5.74) is 0.895. The second-order valence-corrected chi connectivity index (χ2v) is 6.80. The van der Waals surface area contributed by atoms with E-state index in [0.29, 0.717) is 5.69 Å². The fraction of sp³-hybridized carbons (Fsp3) is 0.400. The predicted octanol–water partition coefficient (Wildman–Crippen LogP) is 4.63. The van der Waals surface area contributed by atoms with E-state index in [1.807, 2.05) is 17.0 Å². The maximum absolute atomic E-state index is 12.7. The van der Waals surface area contributed by atoms with Crippen LogP contribution in [0.3, 0.4) is 0 Å². The third kappa shape index (κ3) is 3.56. The van der Waals surface area contributed by atoms with Crippen molar-refractivity contribution >= 4 is 22.2 Å². The van der Waals surface area contributed by atoms with Crippen LogP contribution in [0.5, 0.6) is 0 Å². The quantitative estimate of drug-likeness (QED) is 0.799. The largest absolute Gasteiger partial charge is 0.416 e. The molecular weight excluding hydrogens is 297 g/mol. The molecule has 0 spiro atoms. The van der Waals surface area contributed by atoms with Crippen molar-refractivity contribution in [2.45, 2.75) is 32.4 Å². The van der Waals surface area contributed by atoms with E-state index in [1.165, 1.54) is 17.4 Å². The number of aromatic nitrogens is 1. The molecule has 1 heterocycles. The highest BCUT2D eigenvalue weighted by Gasteiger charge is 2.31. The molecule has 21 heavy (non-hydrogen) atoms. The zero-order chi connectivity index (χ0) is 15.8. The van der Waals surface area contributed by atoms with Gasteiger partial charge in [-0.1, -0.05) is 38.2 Å². The number of anilines is 2. The summed E-state index contributed by atoms with van der Waals surface area (Å²) in [6, 6.07) is 5.23. The molecule has 6 heteroatoms. The summed E-state index contributed by atoms with van der Waals surface area (Å²) < 4.78 is 40.1. The summed E-state index contributed by atoms with van der Waals surface area (Å²) >= 11 is 1.48. The summed E-state index contributed by atoms with van der Waals surface area (Å²) in [6.07, 6.45) is -4.33. The molecule has 0 bridgehead atoms. The van der Waals surface area contributed by atoms with Gasteiger partial charge in [0.25, 0.3) is 0 Å². The van der Waals surface area contributed by atoms with Gasteiger partial charge in [0, 0.05) is 10.8 Å². The average Bonchev–Trinajstić information content (AvgIpc) is 2.70. The SMILES string of the molecule is C[n+]1c(C(C)(C)C)csc1Nc1cccc(C(F)(F)F)c1. The van der Waals surface area contributed by atoms with Crippen molar-refractivity contribution in [2.24, 2.45) is 7.05 Å². The summed E-state index contributed by atoms with van der Waals surface area (Å²) in [5.74, 6) is 0. The van der Waals surface area contributed by atoms with Gasteiger partial charge < -0.3 is 0 Å². The van der Waals surface area contributed by atoms with Crippen molar-refractivity contribution in [1.29, 1.82) is 0 Å². The smallest absolute Gasteiger partial charge is 0.231 e. The topological polar surface area (TPSA) is 15.9 Å². The van der Waals surface area contributed by atoms with Crippen molar-refractivity contribution in [2.75, 3.05) is 5.32 Å². The van der Waals surface area contributed by atoms with Crippen LogP contribution in [0, 0.1) is 0 Å². The molecule has 0 saturated carbocycles. The number of hydrogen-bond acceptors (Lipinski definition) is 2. The summed E-state index contributed by atoms with van der Waals surface area (Å²) in [6.45, 7) is 6.30. The molecule has 0 aliphatic carbocycles. The van der Waals surface area contributed by atoms with Gasteiger partial charge in [0.2, 0.25) is 0 Å². The summed E-state index contributed by atoms with van der Waals surface area (Å²) in [7, 11) is 1.91. The minimum absolute atomic E-state index is 0.0149. The Morgan fingerprint density at radius 2 is 1.81 bits per heavy atom. The Bertz CT molecular complexity index is 639. The van der Waals surface area contributed by atoms with Crippen LogP contribution in [-0.2, 0) is 18.6 Å². The van der Waals surface area contributed by atoms with Gasteiger partial charge in [-0.05, 0) is 18.2 Å². The van der Waals surface area contributed by atoms with Crippen LogP contribution in [0.1, 0.15) is 32.0 Å². The highest BCUT2D eigenvalue weighted by Crippen LogP contribution is 2.32. The van der Waals surface area contributed by atoms with Crippen LogP contribution < -0.4 is 9.88 Å². The van der Waals surface area contributed by atoms with E-state index >= 15 is 0 Å². The Morgan fingerprint density at radius 1 is 1.14 bits per heavy atom. The second-order valence-electron chi connectivity index (χ2n) is 5.94. The average molecular weight is 315 g/mol. The van der Waals surface area contributed by atoms with Crippen LogP contribution in [0.4, 0.5) is 24.0 Å². The lowest BCUT2D eigenvalue weighted by Gasteiger charge is -2.15. The fourth-order valence-corrected chi connectivity index (χ4v) is 3.24. The molecule has 0 unspecified atom stereocenters. The standard InChI is InChI=1S/C15H17F3N2S/c1-14(2,3)12-9-21-13(20(12)4)19-11-7-5-6-10(8-11)15(16,17)18/h5-9H,1-4H3/p+1. The third-order valence-electron chi connectivity index (χ3n) is 3.16. The molecule has 0 atom stereocenters. The molecule has 2 rings (SSSR count). The Balaban J connectivity index is 2.30. The normalized spacial score (nSPS) is 12.5. The molecule has 2 aromatic rings. The highest BCUT2D eigenvalue weighted by atomic mass is 32.1. The molecule has 2 nitrogen and oxygen atoms in total. The maximum atomic E-state index is 12.7. The Kier molecular flexibility index (Phi) is 4.02. The Morgan fingerprint density at radius 3 is 2.33 bits per heavy atom. The van der Waals surface area contributed by atoms with Crippen molar-refractivity contribution in [3.8, 4) is 0 Å². The maximum Gasteiger partial charge on any atom is 0.416 e. The molecular formula is C15H18F3N2S+. The van der Waals surface area contributed by atoms with Gasteiger partial charge in [-0.3, -0.25) is 0 Å². The number of thiazole rings is 1. The van der Waals surface area contributed by atoms with Gasteiger partial charge in [0.05, 0.1) is 12.6 Å². The zero-order valence-corrected chi connectivity index (χ0v) is 13.2. The van der Waals surface area contributed by atoms with Crippen molar-refractivity contribution in [3.05, 3.63) is 40.9 Å². The summed E-state index contributed by atoms with van der Waals surface area (Å²) in [5, 5.41) is 5.89. The van der Waals surface area contributed by atoms with Crippen LogP contribution in [-0.4, -0.2) is 0 Å². The molecule has 0 fully saturated rings. The summed E-state index contributed by atoms with van der Waals surface area (Å²) in [4.78, 5) is 0. The van der Waals surface area contributed by atoms with Crippen molar-refractivity contribution in [3.63, 3.8) is 0 Å². The van der Waals surface area contributed by atoms with Crippen molar-refractivity contribution in [1.82, 2.24) is 0 Å². The predicted molar refractivity (Wildman–Crippen MR) is 78.9 cm³/mol. The number of benzene rings is 1. The number of rotatable bonds is 2. The first-order valence-corrected chi connectivity index (χ1v) is 7.39. The van der Waals surface area contributed by atoms with Crippen LogP contribution in [0.2, 0.25) is 0 Å². The number of alkyl halides is 3. The van der Waals surface area contributed by atoms with Gasteiger partial charge in [-0.25, -0.2) is 9.88 Å². The molecule has 0 radical (unpaired) electrons. The Hall–Kier alpha value is -1.56. The molecule has 1 aromatic carbocycles. The van der Waals surface area contributed by atoms with E-state index in [0.717, 1.165) is 23.0 Å². The van der Waals surface area contributed by atoms with Crippen LogP contribution in [0.25, 0.3) is 0 Å². The first-order valence-electron chi connectivity index (χ1n) is 6.51. The molecule has 114 valence electrons. The minimum Gasteiger partial charge on any atom is -0.231 e. The molecule has 0 saturated heterocycles. The Labute approximate surface area is 126 Å². The number of nitrogens with one attached hydrogen (secondary N) is 1. The monoisotopic (exact) mass is 315 g/mol. The first-order chi connectivity index (χ1) is 9.59. The van der Waals surface area contributed by atoms with Crippen molar-refractivity contribution < 1.29 is 17.7 Å². The highest BCUT2D eigenvalue weighted by molar-refractivity contribution is 7.13. The molecule has 0 aliphatic heterocycles. The molecule has 1 aromatic heterocycles. The van der Waals surface area contributed by atoms with Gasteiger partial charge in [0.1, 0.15) is 11.4 Å². The van der Waals surface area contributed by atoms with Crippen LogP contribution in [0.15, 0.2) is 29.6 Å². The lowest BCUT2D eigenvalue weighted by Crippen LogP contribution is -2.38. The lowest BCUT2D eigenvalue weighted by molar-refractivity contribution is -0.663. The van der Waals surface area contributed by atoms with E-state index in [2.05, 4.69) is 26.1 Å². The third-order valence-corrected chi connectivity index (χ3v) is 4.10. The van der Waals surface area contributed by atoms with E-state index < -0.39 is 11.7 Å². The lowest BCUT2D eigenvalue weighted by atomic mass is 9.93. The first kappa shape index (κ1) is 15.8. The molecule has 1 N–H and O–H groups in total. The minimum atomic E-state index is -4.33. The van der Waals surface area contributed by atoms with E-state index in [1.54, 1.807) is 6.07 Å². The molecule has 0 aliphatic rings. The molecule has 0 amide bonds. The number of hydrogen-bond donors (Lipinski definition) is 1. The van der Waals surface area contributed by atoms with E-state index in [-0.39, 0.29) is 5.41 Å². The number of nitrogens with zero attached hydrogens (tertiary/aromatic N) is 1. The van der Waals surface area contributed by atoms with Gasteiger partial charge in [-0.15, -0.1) is 0 Å². The van der Waals surface area contributed by atoms with Gasteiger partial charge in [-0.2, -0.15) is 13.2 Å². The van der Waals surface area contributed by atoms with E-state index in [4.69, 9.17) is 0 Å². The second kappa shape index (κ2) is 5.33.